The van der Waals surface area contributed by atoms with Crippen LogP contribution >= 0.6 is 11.6 Å². The highest BCUT2D eigenvalue weighted by Crippen LogP contribution is 2.22. The number of benzene rings is 1. The van der Waals surface area contributed by atoms with Crippen molar-refractivity contribution in [2.24, 2.45) is 5.73 Å². The standard InChI is InChI=1S/C12H16ClN3O/c1-8-7-16(11(6-14)12(17)15-8)10-4-2-9(13)3-5-10/h2-5,8,11H,6-7,14H2,1H3,(H,15,17). The number of carbonyl (C=O) groups excluding carboxylic acids is 1. The molecule has 1 aliphatic heterocycles. The van der Waals surface area contributed by atoms with Gasteiger partial charge in [-0.25, -0.2) is 0 Å². The Bertz CT molecular complexity index is 407. The topological polar surface area (TPSA) is 58.4 Å². The number of nitrogens with two attached hydrogens (primary N) is 1. The van der Waals surface area contributed by atoms with Crippen LogP contribution < -0.4 is 16.0 Å². The number of piperazine rings is 1. The number of nitrogens with zero attached hydrogens (tertiary/aromatic N) is 1. The number of anilines is 1. The zero-order chi connectivity index (χ0) is 12.4. The molecule has 1 aliphatic rings. The fourth-order valence-electron chi connectivity index (χ4n) is 2.10. The molecule has 1 fully saturated rings. The highest BCUT2D eigenvalue weighted by Gasteiger charge is 2.31. The van der Waals surface area contributed by atoms with Gasteiger partial charge in [0.05, 0.1) is 0 Å². The molecule has 1 amide bonds. The smallest absolute Gasteiger partial charge is 0.244 e. The number of rotatable bonds is 2. The molecule has 1 heterocycles. The van der Waals surface area contributed by atoms with Crippen molar-refractivity contribution in [3.8, 4) is 0 Å². The van der Waals surface area contributed by atoms with Gasteiger partial charge in [0, 0.05) is 29.8 Å². The van der Waals surface area contributed by atoms with Crippen molar-refractivity contribution in [2.75, 3.05) is 18.0 Å². The average molecular weight is 254 g/mol. The first-order valence-corrected chi connectivity index (χ1v) is 6.02. The molecule has 17 heavy (non-hydrogen) atoms. The second kappa shape index (κ2) is 4.94. The minimum Gasteiger partial charge on any atom is -0.356 e. The van der Waals surface area contributed by atoms with E-state index >= 15 is 0 Å². The summed E-state index contributed by atoms with van der Waals surface area (Å²) >= 11 is 5.86. The first kappa shape index (κ1) is 12.2. The van der Waals surface area contributed by atoms with E-state index in [0.29, 0.717) is 11.6 Å². The molecule has 92 valence electrons. The molecule has 2 unspecified atom stereocenters. The Labute approximate surface area is 106 Å². The first-order chi connectivity index (χ1) is 8.11. The number of amides is 1. The Morgan fingerprint density at radius 3 is 2.71 bits per heavy atom. The van der Waals surface area contributed by atoms with Crippen LogP contribution in [0.5, 0.6) is 0 Å². The maximum atomic E-state index is 11.8. The molecule has 0 radical (unpaired) electrons. The Morgan fingerprint density at radius 2 is 2.12 bits per heavy atom. The molecule has 0 bridgehead atoms. The summed E-state index contributed by atoms with van der Waals surface area (Å²) in [7, 11) is 0. The second-order valence-corrected chi connectivity index (χ2v) is 4.73. The fourth-order valence-corrected chi connectivity index (χ4v) is 2.23. The van der Waals surface area contributed by atoms with Crippen LogP contribution in [0.15, 0.2) is 24.3 Å². The highest BCUT2D eigenvalue weighted by molar-refractivity contribution is 6.30. The molecule has 1 saturated heterocycles. The van der Waals surface area contributed by atoms with Crippen molar-refractivity contribution in [3.63, 3.8) is 0 Å². The number of hydrogen-bond donors (Lipinski definition) is 2. The number of nitrogens with one attached hydrogen (secondary N) is 1. The fraction of sp³-hybridized carbons (Fsp3) is 0.417. The van der Waals surface area contributed by atoms with E-state index in [0.717, 1.165) is 12.2 Å². The lowest BCUT2D eigenvalue weighted by Gasteiger charge is -2.39. The molecule has 0 aliphatic carbocycles. The number of hydrogen-bond acceptors (Lipinski definition) is 3. The molecule has 1 aromatic carbocycles. The van der Waals surface area contributed by atoms with Crippen LogP contribution in [0.2, 0.25) is 5.02 Å². The number of carbonyl (C=O) groups is 1. The molecular weight excluding hydrogens is 238 g/mol. The first-order valence-electron chi connectivity index (χ1n) is 5.64. The van der Waals surface area contributed by atoms with E-state index in [1.165, 1.54) is 0 Å². The van der Waals surface area contributed by atoms with Gasteiger partial charge in [-0.1, -0.05) is 11.6 Å². The van der Waals surface area contributed by atoms with Gasteiger partial charge in [0.25, 0.3) is 0 Å². The molecule has 0 spiro atoms. The van der Waals surface area contributed by atoms with E-state index in [4.69, 9.17) is 17.3 Å². The van der Waals surface area contributed by atoms with Crippen LogP contribution in [-0.4, -0.2) is 31.1 Å². The molecule has 4 nitrogen and oxygen atoms in total. The van der Waals surface area contributed by atoms with E-state index in [1.54, 1.807) is 0 Å². The van der Waals surface area contributed by atoms with Gasteiger partial charge in [-0.3, -0.25) is 4.79 Å². The molecule has 0 saturated carbocycles. The van der Waals surface area contributed by atoms with Gasteiger partial charge in [-0.15, -0.1) is 0 Å². The Hall–Kier alpha value is -1.26. The molecule has 5 heteroatoms. The maximum Gasteiger partial charge on any atom is 0.244 e. The van der Waals surface area contributed by atoms with Gasteiger partial charge >= 0.3 is 0 Å². The summed E-state index contributed by atoms with van der Waals surface area (Å²) in [5.74, 6) is -0.0128. The Kier molecular flexibility index (Phi) is 3.54. The third-order valence-corrected chi connectivity index (χ3v) is 3.17. The van der Waals surface area contributed by atoms with Crippen molar-refractivity contribution in [3.05, 3.63) is 29.3 Å². The molecule has 1 aromatic rings. The third kappa shape index (κ3) is 2.53. The van der Waals surface area contributed by atoms with Gasteiger partial charge in [0.15, 0.2) is 0 Å². The van der Waals surface area contributed by atoms with E-state index < -0.39 is 0 Å². The summed E-state index contributed by atoms with van der Waals surface area (Å²) in [6.45, 7) is 3.05. The monoisotopic (exact) mass is 253 g/mol. The van der Waals surface area contributed by atoms with E-state index in [-0.39, 0.29) is 18.0 Å². The summed E-state index contributed by atoms with van der Waals surface area (Å²) in [6, 6.07) is 7.30. The largest absolute Gasteiger partial charge is 0.356 e. The summed E-state index contributed by atoms with van der Waals surface area (Å²) in [5.41, 5.74) is 6.65. The van der Waals surface area contributed by atoms with Crippen molar-refractivity contribution in [1.82, 2.24) is 5.32 Å². The van der Waals surface area contributed by atoms with Gasteiger partial charge in [0.2, 0.25) is 5.91 Å². The van der Waals surface area contributed by atoms with Crippen LogP contribution in [0.4, 0.5) is 5.69 Å². The average Bonchev–Trinajstić information content (AvgIpc) is 2.29. The van der Waals surface area contributed by atoms with Crippen LogP contribution in [0.25, 0.3) is 0 Å². The zero-order valence-electron chi connectivity index (χ0n) is 9.69. The summed E-state index contributed by atoms with van der Waals surface area (Å²) in [5, 5.41) is 3.59. The van der Waals surface area contributed by atoms with Crippen LogP contribution in [0, 0.1) is 0 Å². The van der Waals surface area contributed by atoms with Crippen LogP contribution in [0.1, 0.15) is 6.92 Å². The van der Waals surface area contributed by atoms with Crippen molar-refractivity contribution in [1.29, 1.82) is 0 Å². The molecular formula is C12H16ClN3O. The summed E-state index contributed by atoms with van der Waals surface area (Å²) in [4.78, 5) is 13.9. The minimum absolute atomic E-state index is 0.0128. The van der Waals surface area contributed by atoms with Crippen LogP contribution in [0.3, 0.4) is 0 Å². The Morgan fingerprint density at radius 1 is 1.47 bits per heavy atom. The van der Waals surface area contributed by atoms with Crippen LogP contribution in [-0.2, 0) is 4.79 Å². The van der Waals surface area contributed by atoms with Gasteiger partial charge in [0.1, 0.15) is 6.04 Å². The molecule has 3 N–H and O–H groups in total. The lowest BCUT2D eigenvalue weighted by molar-refractivity contribution is -0.123. The van der Waals surface area contributed by atoms with Crippen molar-refractivity contribution < 1.29 is 4.79 Å². The van der Waals surface area contributed by atoms with Gasteiger partial charge in [-0.05, 0) is 31.2 Å². The number of halogens is 1. The lowest BCUT2D eigenvalue weighted by Crippen LogP contribution is -2.61. The zero-order valence-corrected chi connectivity index (χ0v) is 10.4. The van der Waals surface area contributed by atoms with E-state index in [1.807, 2.05) is 36.1 Å². The summed E-state index contributed by atoms with van der Waals surface area (Å²) < 4.78 is 0. The normalized spacial score (nSPS) is 24.6. The van der Waals surface area contributed by atoms with Gasteiger partial charge in [-0.2, -0.15) is 0 Å². The molecule has 0 aromatic heterocycles. The lowest BCUT2D eigenvalue weighted by atomic mass is 10.1. The summed E-state index contributed by atoms with van der Waals surface area (Å²) in [6.07, 6.45) is 0. The highest BCUT2D eigenvalue weighted by atomic mass is 35.5. The molecule has 2 rings (SSSR count). The predicted molar refractivity (Wildman–Crippen MR) is 69.2 cm³/mol. The Balaban J connectivity index is 2.27. The van der Waals surface area contributed by atoms with E-state index in [9.17, 15) is 4.79 Å². The quantitative estimate of drug-likeness (QED) is 0.827. The van der Waals surface area contributed by atoms with Crippen molar-refractivity contribution >= 4 is 23.2 Å². The third-order valence-electron chi connectivity index (χ3n) is 2.92. The SMILES string of the molecule is CC1CN(c2ccc(Cl)cc2)C(CN)C(=O)N1. The van der Waals surface area contributed by atoms with Gasteiger partial charge < -0.3 is 16.0 Å². The minimum atomic E-state index is -0.299. The molecule has 2 atom stereocenters. The predicted octanol–water partition coefficient (Wildman–Crippen LogP) is 0.992. The van der Waals surface area contributed by atoms with Crippen molar-refractivity contribution in [2.45, 2.75) is 19.0 Å². The second-order valence-electron chi connectivity index (χ2n) is 4.29. The maximum absolute atomic E-state index is 11.8. The van der Waals surface area contributed by atoms with E-state index in [2.05, 4.69) is 5.32 Å².